The van der Waals surface area contributed by atoms with Gasteiger partial charge in [0.15, 0.2) is 0 Å². The Bertz CT molecular complexity index is 673. The molecule has 1 saturated heterocycles. The summed E-state index contributed by atoms with van der Waals surface area (Å²) >= 11 is 0. The Labute approximate surface area is 137 Å². The van der Waals surface area contributed by atoms with Crippen LogP contribution in [0.5, 0.6) is 0 Å². The van der Waals surface area contributed by atoms with Gasteiger partial charge in [0.1, 0.15) is 0 Å². The van der Waals surface area contributed by atoms with E-state index in [1.165, 1.54) is 5.69 Å². The van der Waals surface area contributed by atoms with Crippen molar-refractivity contribution in [3.05, 3.63) is 54.1 Å². The lowest BCUT2D eigenvalue weighted by atomic mass is 9.95. The van der Waals surface area contributed by atoms with Crippen LogP contribution in [0.1, 0.15) is 18.4 Å². The third kappa shape index (κ3) is 3.65. The number of rotatable bonds is 3. The average molecular weight is 309 g/mol. The second-order valence-electron chi connectivity index (χ2n) is 6.16. The summed E-state index contributed by atoms with van der Waals surface area (Å²) in [5.74, 6) is 0.218. The maximum Gasteiger partial charge on any atom is 0.227 e. The number of benzene rings is 2. The first-order valence-corrected chi connectivity index (χ1v) is 8.10. The summed E-state index contributed by atoms with van der Waals surface area (Å²) < 4.78 is 0. The molecule has 0 bridgehead atoms. The zero-order chi connectivity index (χ0) is 16.2. The first kappa shape index (κ1) is 15.4. The molecule has 0 aliphatic carbocycles. The Morgan fingerprint density at radius 2 is 1.74 bits per heavy atom. The number of anilines is 3. The highest BCUT2D eigenvalue weighted by Gasteiger charge is 2.25. The van der Waals surface area contributed by atoms with Gasteiger partial charge in [-0.25, -0.2) is 0 Å². The molecule has 1 aliphatic heterocycles. The summed E-state index contributed by atoms with van der Waals surface area (Å²) in [6.07, 6.45) is 1.75. The molecule has 4 nitrogen and oxygen atoms in total. The molecule has 0 aromatic heterocycles. The van der Waals surface area contributed by atoms with Crippen LogP contribution in [-0.4, -0.2) is 19.0 Å². The van der Waals surface area contributed by atoms with Crippen molar-refractivity contribution in [1.82, 2.24) is 0 Å². The maximum absolute atomic E-state index is 12.5. The van der Waals surface area contributed by atoms with Crippen molar-refractivity contribution in [1.29, 1.82) is 0 Å². The first-order valence-electron chi connectivity index (χ1n) is 8.10. The minimum Gasteiger partial charge on any atom is -0.399 e. The van der Waals surface area contributed by atoms with Crippen LogP contribution in [0.25, 0.3) is 0 Å². The summed E-state index contributed by atoms with van der Waals surface area (Å²) in [6.45, 7) is 3.81. The molecule has 4 heteroatoms. The lowest BCUT2D eigenvalue weighted by Crippen LogP contribution is -2.38. The zero-order valence-electron chi connectivity index (χ0n) is 13.5. The van der Waals surface area contributed by atoms with E-state index in [-0.39, 0.29) is 11.8 Å². The van der Waals surface area contributed by atoms with E-state index in [2.05, 4.69) is 10.2 Å². The van der Waals surface area contributed by atoms with Crippen molar-refractivity contribution in [2.45, 2.75) is 19.8 Å². The van der Waals surface area contributed by atoms with Gasteiger partial charge in [-0.1, -0.05) is 18.2 Å². The smallest absolute Gasteiger partial charge is 0.227 e. The topological polar surface area (TPSA) is 58.4 Å². The highest BCUT2D eigenvalue weighted by molar-refractivity contribution is 5.93. The number of carbonyl (C=O) groups excluding carboxylic acids is 1. The SMILES string of the molecule is Cc1ccccc1NC(=O)C1CCN(c2ccc(N)cc2)CC1. The van der Waals surface area contributed by atoms with Crippen LogP contribution < -0.4 is 16.0 Å². The quantitative estimate of drug-likeness (QED) is 0.854. The second kappa shape index (κ2) is 6.73. The van der Waals surface area contributed by atoms with E-state index in [0.29, 0.717) is 0 Å². The number of piperidine rings is 1. The van der Waals surface area contributed by atoms with E-state index < -0.39 is 0 Å². The van der Waals surface area contributed by atoms with Gasteiger partial charge < -0.3 is 16.0 Å². The molecule has 0 unspecified atom stereocenters. The monoisotopic (exact) mass is 309 g/mol. The van der Waals surface area contributed by atoms with E-state index >= 15 is 0 Å². The summed E-state index contributed by atoms with van der Waals surface area (Å²) in [6, 6.07) is 15.8. The number of aryl methyl sites for hydroxylation is 1. The number of amides is 1. The first-order chi connectivity index (χ1) is 11.1. The van der Waals surface area contributed by atoms with Crippen LogP contribution in [0.15, 0.2) is 48.5 Å². The predicted molar refractivity (Wildman–Crippen MR) is 95.6 cm³/mol. The number of hydrogen-bond acceptors (Lipinski definition) is 3. The fourth-order valence-electron chi connectivity index (χ4n) is 3.03. The molecular weight excluding hydrogens is 286 g/mol. The molecule has 23 heavy (non-hydrogen) atoms. The lowest BCUT2D eigenvalue weighted by molar-refractivity contribution is -0.120. The molecule has 1 aliphatic rings. The Morgan fingerprint density at radius 3 is 2.39 bits per heavy atom. The summed E-state index contributed by atoms with van der Waals surface area (Å²) in [5, 5.41) is 3.07. The largest absolute Gasteiger partial charge is 0.399 e. The molecule has 1 heterocycles. The third-order valence-electron chi connectivity index (χ3n) is 4.53. The summed E-state index contributed by atoms with van der Waals surface area (Å²) in [4.78, 5) is 14.8. The Hall–Kier alpha value is -2.49. The standard InChI is InChI=1S/C19H23N3O/c1-14-4-2-3-5-18(14)21-19(23)15-10-12-22(13-11-15)17-8-6-16(20)7-9-17/h2-9,15H,10-13,20H2,1H3,(H,21,23). The summed E-state index contributed by atoms with van der Waals surface area (Å²) in [7, 11) is 0. The van der Waals surface area contributed by atoms with Crippen LogP contribution >= 0.6 is 0 Å². The zero-order valence-corrected chi connectivity index (χ0v) is 13.5. The van der Waals surface area contributed by atoms with Crippen molar-refractivity contribution in [3.63, 3.8) is 0 Å². The number of hydrogen-bond donors (Lipinski definition) is 2. The highest BCUT2D eigenvalue weighted by Crippen LogP contribution is 2.25. The van der Waals surface area contributed by atoms with Crippen LogP contribution in [0.2, 0.25) is 0 Å². The maximum atomic E-state index is 12.5. The van der Waals surface area contributed by atoms with E-state index in [1.807, 2.05) is 55.5 Å². The van der Waals surface area contributed by atoms with Gasteiger partial charge in [0, 0.05) is 36.1 Å². The number of carbonyl (C=O) groups is 1. The molecule has 0 radical (unpaired) electrons. The molecule has 2 aromatic carbocycles. The molecule has 1 amide bonds. The normalized spacial score (nSPS) is 15.4. The van der Waals surface area contributed by atoms with Gasteiger partial charge >= 0.3 is 0 Å². The van der Waals surface area contributed by atoms with Gasteiger partial charge in [0.2, 0.25) is 5.91 Å². The third-order valence-corrected chi connectivity index (χ3v) is 4.53. The van der Waals surface area contributed by atoms with Crippen molar-refractivity contribution in [2.75, 3.05) is 29.0 Å². The van der Waals surface area contributed by atoms with Gasteiger partial charge in [-0.3, -0.25) is 4.79 Å². The lowest BCUT2D eigenvalue weighted by Gasteiger charge is -2.33. The Morgan fingerprint density at radius 1 is 1.09 bits per heavy atom. The van der Waals surface area contributed by atoms with E-state index in [0.717, 1.165) is 42.9 Å². The second-order valence-corrected chi connectivity index (χ2v) is 6.16. The fourth-order valence-corrected chi connectivity index (χ4v) is 3.03. The van der Waals surface area contributed by atoms with Crippen molar-refractivity contribution in [2.24, 2.45) is 5.92 Å². The summed E-state index contributed by atoms with van der Waals surface area (Å²) in [5.41, 5.74) is 9.70. The van der Waals surface area contributed by atoms with Crippen molar-refractivity contribution < 1.29 is 4.79 Å². The highest BCUT2D eigenvalue weighted by atomic mass is 16.1. The molecule has 2 aromatic rings. The molecule has 3 N–H and O–H groups in total. The number of nitrogens with one attached hydrogen (secondary N) is 1. The van der Waals surface area contributed by atoms with Crippen LogP contribution in [0.3, 0.4) is 0 Å². The van der Waals surface area contributed by atoms with Gasteiger partial charge in [0.05, 0.1) is 0 Å². The molecular formula is C19H23N3O. The van der Waals surface area contributed by atoms with Gasteiger partial charge in [-0.15, -0.1) is 0 Å². The molecule has 120 valence electrons. The number of nitrogens with two attached hydrogens (primary N) is 1. The minimum atomic E-state index is 0.0830. The number of nitrogen functional groups attached to an aromatic ring is 1. The molecule has 0 saturated carbocycles. The molecule has 1 fully saturated rings. The van der Waals surface area contributed by atoms with Gasteiger partial charge in [-0.05, 0) is 55.7 Å². The van der Waals surface area contributed by atoms with Gasteiger partial charge in [-0.2, -0.15) is 0 Å². The molecule has 0 spiro atoms. The predicted octanol–water partition coefficient (Wildman–Crippen LogP) is 3.43. The van der Waals surface area contributed by atoms with Crippen LogP contribution in [-0.2, 0) is 4.79 Å². The van der Waals surface area contributed by atoms with Crippen LogP contribution in [0, 0.1) is 12.8 Å². The van der Waals surface area contributed by atoms with Crippen molar-refractivity contribution in [3.8, 4) is 0 Å². The number of para-hydroxylation sites is 1. The van der Waals surface area contributed by atoms with Crippen LogP contribution in [0.4, 0.5) is 17.1 Å². The fraction of sp³-hybridized carbons (Fsp3) is 0.316. The average Bonchev–Trinajstić information content (AvgIpc) is 2.58. The van der Waals surface area contributed by atoms with E-state index in [1.54, 1.807) is 0 Å². The van der Waals surface area contributed by atoms with Gasteiger partial charge in [0.25, 0.3) is 0 Å². The molecule has 0 atom stereocenters. The van der Waals surface area contributed by atoms with E-state index in [4.69, 9.17) is 5.73 Å². The van der Waals surface area contributed by atoms with E-state index in [9.17, 15) is 4.79 Å². The minimum absolute atomic E-state index is 0.0830. The molecule has 3 rings (SSSR count). The Kier molecular flexibility index (Phi) is 4.51. The number of nitrogens with zero attached hydrogens (tertiary/aromatic N) is 1. The Balaban J connectivity index is 1.57. The van der Waals surface area contributed by atoms with Crippen molar-refractivity contribution >= 4 is 23.0 Å².